The Bertz CT molecular complexity index is 552. The van der Waals surface area contributed by atoms with E-state index in [1.165, 1.54) is 32.1 Å². The molecule has 1 aromatic carbocycles. The Labute approximate surface area is 143 Å². The summed E-state index contributed by atoms with van der Waals surface area (Å²) < 4.78 is 10.5. The van der Waals surface area contributed by atoms with Crippen LogP contribution in [0.15, 0.2) is 23.3 Å². The van der Waals surface area contributed by atoms with Crippen molar-refractivity contribution in [2.24, 2.45) is 5.10 Å². The quantitative estimate of drug-likeness (QED) is 0.641. The normalized spacial score (nSPS) is 16.4. The molecule has 6 heteroatoms. The van der Waals surface area contributed by atoms with Gasteiger partial charge in [0, 0.05) is 11.6 Å². The summed E-state index contributed by atoms with van der Waals surface area (Å²) in [6, 6.07) is 5.45. The summed E-state index contributed by atoms with van der Waals surface area (Å²) >= 11 is 0. The van der Waals surface area contributed by atoms with Gasteiger partial charge >= 0.3 is 0 Å². The van der Waals surface area contributed by atoms with Crippen molar-refractivity contribution in [3.05, 3.63) is 23.8 Å². The molecule has 0 aliphatic carbocycles. The van der Waals surface area contributed by atoms with E-state index < -0.39 is 0 Å². The van der Waals surface area contributed by atoms with Gasteiger partial charge in [0.05, 0.1) is 27.0 Å². The van der Waals surface area contributed by atoms with Crippen LogP contribution in [0.1, 0.15) is 37.7 Å². The average molecular weight is 333 g/mol. The third-order valence-corrected chi connectivity index (χ3v) is 4.15. The van der Waals surface area contributed by atoms with Gasteiger partial charge in [-0.2, -0.15) is 5.10 Å². The van der Waals surface area contributed by atoms with Crippen molar-refractivity contribution in [3.63, 3.8) is 0 Å². The molecule has 1 amide bonds. The highest BCUT2D eigenvalue weighted by atomic mass is 16.5. The zero-order chi connectivity index (χ0) is 17.2. The Morgan fingerprint density at radius 1 is 1.17 bits per heavy atom. The second kappa shape index (κ2) is 9.93. The third-order valence-electron chi connectivity index (χ3n) is 4.15. The maximum Gasteiger partial charge on any atom is 0.254 e. The lowest BCUT2D eigenvalue weighted by atomic mass is 10.1. The standard InChI is InChI=1S/C18H27N3O3/c1-23-16-9-8-15(17(12-16)24-2)13-19-20-18(22)14-21-10-6-4-3-5-7-11-21/h8-9,12-13H,3-7,10-11,14H2,1-2H3,(H,20,22)/b19-13+. The van der Waals surface area contributed by atoms with Crippen molar-refractivity contribution in [2.75, 3.05) is 33.9 Å². The van der Waals surface area contributed by atoms with Gasteiger partial charge in [-0.1, -0.05) is 19.3 Å². The van der Waals surface area contributed by atoms with Crippen LogP contribution >= 0.6 is 0 Å². The first-order chi connectivity index (χ1) is 11.7. The first-order valence-electron chi connectivity index (χ1n) is 8.49. The smallest absolute Gasteiger partial charge is 0.254 e. The van der Waals surface area contributed by atoms with Gasteiger partial charge in [0.15, 0.2) is 0 Å². The van der Waals surface area contributed by atoms with E-state index in [-0.39, 0.29) is 5.91 Å². The molecule has 0 radical (unpaired) electrons. The molecule has 0 spiro atoms. The fourth-order valence-electron chi connectivity index (χ4n) is 2.81. The van der Waals surface area contributed by atoms with Crippen LogP contribution in [0.2, 0.25) is 0 Å². The van der Waals surface area contributed by atoms with Crippen molar-refractivity contribution in [1.29, 1.82) is 0 Å². The Morgan fingerprint density at radius 3 is 2.54 bits per heavy atom. The summed E-state index contributed by atoms with van der Waals surface area (Å²) in [5, 5.41) is 4.04. The van der Waals surface area contributed by atoms with Crippen LogP contribution in [0.4, 0.5) is 0 Å². The molecule has 6 nitrogen and oxygen atoms in total. The summed E-state index contributed by atoms with van der Waals surface area (Å²) in [5.74, 6) is 1.28. The minimum Gasteiger partial charge on any atom is -0.497 e. The zero-order valence-electron chi connectivity index (χ0n) is 14.6. The first-order valence-corrected chi connectivity index (χ1v) is 8.49. The molecule has 0 aromatic heterocycles. The molecule has 24 heavy (non-hydrogen) atoms. The topological polar surface area (TPSA) is 63.2 Å². The Kier molecular flexibility index (Phi) is 7.55. The number of likely N-dealkylation sites (tertiary alicyclic amines) is 1. The Hall–Kier alpha value is -2.08. The molecule has 132 valence electrons. The molecule has 1 saturated heterocycles. The van der Waals surface area contributed by atoms with Crippen LogP contribution in [-0.4, -0.2) is 50.9 Å². The highest BCUT2D eigenvalue weighted by Crippen LogP contribution is 2.22. The number of benzene rings is 1. The monoisotopic (exact) mass is 333 g/mol. The van der Waals surface area contributed by atoms with Gasteiger partial charge in [-0.15, -0.1) is 0 Å². The first kappa shape index (κ1) is 18.3. The molecule has 0 unspecified atom stereocenters. The lowest BCUT2D eigenvalue weighted by Crippen LogP contribution is -2.37. The third kappa shape index (κ3) is 5.85. The number of nitrogens with zero attached hydrogens (tertiary/aromatic N) is 2. The average Bonchev–Trinajstić information content (AvgIpc) is 2.57. The maximum atomic E-state index is 12.0. The van der Waals surface area contributed by atoms with E-state index >= 15 is 0 Å². The van der Waals surface area contributed by atoms with Crippen LogP contribution in [0, 0.1) is 0 Å². The van der Waals surface area contributed by atoms with Gasteiger partial charge in [-0.05, 0) is 38.1 Å². The second-order valence-electron chi connectivity index (χ2n) is 5.94. The zero-order valence-corrected chi connectivity index (χ0v) is 14.6. The predicted molar refractivity (Wildman–Crippen MR) is 94.8 cm³/mol. The van der Waals surface area contributed by atoms with E-state index in [4.69, 9.17) is 9.47 Å². The van der Waals surface area contributed by atoms with Gasteiger partial charge in [-0.3, -0.25) is 9.69 Å². The minimum absolute atomic E-state index is 0.0840. The summed E-state index contributed by atoms with van der Waals surface area (Å²) in [4.78, 5) is 14.2. The van der Waals surface area contributed by atoms with E-state index in [9.17, 15) is 4.79 Å². The lowest BCUT2D eigenvalue weighted by Gasteiger charge is -2.23. The molecule has 1 heterocycles. The molecule has 2 rings (SSSR count). The van der Waals surface area contributed by atoms with Gasteiger partial charge in [0.1, 0.15) is 11.5 Å². The van der Waals surface area contributed by atoms with Crippen LogP contribution in [0.25, 0.3) is 0 Å². The van der Waals surface area contributed by atoms with Crippen LogP contribution in [-0.2, 0) is 4.79 Å². The van der Waals surface area contributed by atoms with E-state index in [1.54, 1.807) is 26.5 Å². The van der Waals surface area contributed by atoms with Gasteiger partial charge in [0.25, 0.3) is 5.91 Å². The largest absolute Gasteiger partial charge is 0.497 e. The number of rotatable bonds is 6. The van der Waals surface area contributed by atoms with Gasteiger partial charge in [-0.25, -0.2) is 5.43 Å². The fourth-order valence-corrected chi connectivity index (χ4v) is 2.81. The molecule has 0 bridgehead atoms. The van der Waals surface area contributed by atoms with Crippen molar-refractivity contribution in [1.82, 2.24) is 10.3 Å². The molecular weight excluding hydrogens is 306 g/mol. The maximum absolute atomic E-state index is 12.0. The molecule has 0 atom stereocenters. The molecule has 0 saturated carbocycles. The predicted octanol–water partition coefficient (Wildman–Crippen LogP) is 2.42. The van der Waals surface area contributed by atoms with E-state index in [2.05, 4.69) is 15.4 Å². The molecule has 1 N–H and O–H groups in total. The van der Waals surface area contributed by atoms with Gasteiger partial charge in [0.2, 0.25) is 0 Å². The summed E-state index contributed by atoms with van der Waals surface area (Å²) in [5.41, 5.74) is 3.38. The Balaban J connectivity index is 1.85. The summed E-state index contributed by atoms with van der Waals surface area (Å²) in [7, 11) is 3.19. The fraction of sp³-hybridized carbons (Fsp3) is 0.556. The number of hydrogen-bond acceptors (Lipinski definition) is 5. The number of amides is 1. The lowest BCUT2D eigenvalue weighted by molar-refractivity contribution is -0.122. The molecular formula is C18H27N3O3. The van der Waals surface area contributed by atoms with E-state index in [1.807, 2.05) is 12.1 Å². The van der Waals surface area contributed by atoms with Crippen molar-refractivity contribution in [2.45, 2.75) is 32.1 Å². The summed E-state index contributed by atoms with van der Waals surface area (Å²) in [6.45, 7) is 2.38. The Morgan fingerprint density at radius 2 is 1.88 bits per heavy atom. The molecule has 1 aromatic rings. The van der Waals surface area contributed by atoms with Crippen molar-refractivity contribution >= 4 is 12.1 Å². The SMILES string of the molecule is COc1ccc(/C=N/NC(=O)CN2CCCCCCC2)c(OC)c1. The number of carbonyl (C=O) groups excluding carboxylic acids is 1. The van der Waals surface area contributed by atoms with Crippen molar-refractivity contribution < 1.29 is 14.3 Å². The number of carbonyl (C=O) groups is 1. The highest BCUT2D eigenvalue weighted by Gasteiger charge is 2.11. The number of nitrogens with one attached hydrogen (secondary N) is 1. The number of methoxy groups -OCH3 is 2. The summed E-state index contributed by atoms with van der Waals surface area (Å²) in [6.07, 6.45) is 7.75. The second-order valence-corrected chi connectivity index (χ2v) is 5.94. The number of hydrazone groups is 1. The minimum atomic E-state index is -0.0840. The van der Waals surface area contributed by atoms with E-state index in [0.717, 1.165) is 18.7 Å². The van der Waals surface area contributed by atoms with Crippen LogP contribution in [0.5, 0.6) is 11.5 Å². The van der Waals surface area contributed by atoms with Crippen LogP contribution in [0.3, 0.4) is 0 Å². The van der Waals surface area contributed by atoms with Crippen LogP contribution < -0.4 is 14.9 Å². The highest BCUT2D eigenvalue weighted by molar-refractivity contribution is 5.86. The van der Waals surface area contributed by atoms with E-state index in [0.29, 0.717) is 18.0 Å². The van der Waals surface area contributed by atoms with Crippen molar-refractivity contribution in [3.8, 4) is 11.5 Å². The number of hydrogen-bond donors (Lipinski definition) is 1. The molecule has 1 fully saturated rings. The van der Waals surface area contributed by atoms with Gasteiger partial charge < -0.3 is 9.47 Å². The molecule has 1 aliphatic rings. The molecule has 1 aliphatic heterocycles. The number of ether oxygens (including phenoxy) is 2.